The molecule has 0 bridgehead atoms. The van der Waals surface area contributed by atoms with E-state index in [0.29, 0.717) is 19.1 Å². The number of amides is 1. The fourth-order valence-corrected chi connectivity index (χ4v) is 2.42. The normalized spacial score (nSPS) is 16.5. The molecule has 22 heavy (non-hydrogen) atoms. The second kappa shape index (κ2) is 7.17. The highest BCUT2D eigenvalue weighted by Crippen LogP contribution is 2.19. The number of piperidine rings is 1. The van der Waals surface area contributed by atoms with E-state index in [1.807, 2.05) is 27.0 Å². The van der Waals surface area contributed by atoms with E-state index in [-0.39, 0.29) is 12.2 Å². The van der Waals surface area contributed by atoms with Gasteiger partial charge in [-0.3, -0.25) is 0 Å². The molecule has 1 aromatic heterocycles. The molecule has 2 rings (SSSR count). The van der Waals surface area contributed by atoms with E-state index in [1.165, 1.54) is 0 Å². The first-order valence-electron chi connectivity index (χ1n) is 7.38. The van der Waals surface area contributed by atoms with Crippen molar-refractivity contribution < 1.29 is 14.3 Å². The maximum absolute atomic E-state index is 12.0. The van der Waals surface area contributed by atoms with Crippen LogP contribution in [0.5, 0.6) is 6.01 Å². The lowest BCUT2D eigenvalue weighted by atomic mass is 10.1. The number of carbonyl (C=O) groups excluding carboxylic acids is 1. The Balaban J connectivity index is 1.80. The third kappa shape index (κ3) is 5.05. The van der Waals surface area contributed by atoms with Crippen molar-refractivity contribution in [3.63, 3.8) is 0 Å². The largest absolute Gasteiger partial charge is 0.460 e. The van der Waals surface area contributed by atoms with Crippen LogP contribution in [0.25, 0.3) is 0 Å². The van der Waals surface area contributed by atoms with E-state index in [9.17, 15) is 4.79 Å². The van der Waals surface area contributed by atoms with Crippen LogP contribution in [0.3, 0.4) is 0 Å². The number of ether oxygens (including phenoxy) is 2. The van der Waals surface area contributed by atoms with Crippen LogP contribution in [-0.2, 0) is 4.74 Å². The molecule has 1 aliphatic rings. The van der Waals surface area contributed by atoms with Gasteiger partial charge in [-0.05, 0) is 27.0 Å². The van der Waals surface area contributed by atoms with E-state index < -0.39 is 5.60 Å². The number of likely N-dealkylation sites (tertiary alicyclic amines) is 1. The van der Waals surface area contributed by atoms with Gasteiger partial charge in [0.25, 0.3) is 0 Å². The van der Waals surface area contributed by atoms with Crippen LogP contribution in [0.4, 0.5) is 4.79 Å². The summed E-state index contributed by atoms with van der Waals surface area (Å²) in [6.45, 7) is 6.87. The van der Waals surface area contributed by atoms with Gasteiger partial charge in [0.1, 0.15) is 11.7 Å². The smallest absolute Gasteiger partial charge is 0.410 e. The van der Waals surface area contributed by atoms with E-state index in [4.69, 9.17) is 9.47 Å². The number of hydrogen-bond donors (Lipinski definition) is 0. The summed E-state index contributed by atoms with van der Waals surface area (Å²) in [5, 5.41) is 0. The number of nitrogens with zero attached hydrogens (tertiary/aromatic N) is 3. The van der Waals surface area contributed by atoms with Gasteiger partial charge in [0.2, 0.25) is 0 Å². The maximum atomic E-state index is 12.0. The third-order valence-corrected chi connectivity index (χ3v) is 3.89. The molecule has 0 atom stereocenters. The number of thioether (sulfide) groups is 1. The molecular formula is C15H23N3O3S. The Hall–Kier alpha value is -1.50. The van der Waals surface area contributed by atoms with Crippen molar-refractivity contribution >= 4 is 17.9 Å². The van der Waals surface area contributed by atoms with E-state index in [1.54, 1.807) is 29.1 Å². The standard InChI is InChI=1S/C15H23N3O3S/c1-15(2,3)21-14(19)18-7-5-11(6-8-18)20-13-16-9-12(22-4)10-17-13/h9-11H,5-8H2,1-4H3. The topological polar surface area (TPSA) is 64.5 Å². The second-order valence-corrected chi connectivity index (χ2v) is 7.07. The Morgan fingerprint density at radius 3 is 2.36 bits per heavy atom. The van der Waals surface area contributed by atoms with Crippen molar-refractivity contribution in [2.75, 3.05) is 19.3 Å². The SMILES string of the molecule is CSc1cnc(OC2CCN(C(=O)OC(C)(C)C)CC2)nc1. The summed E-state index contributed by atoms with van der Waals surface area (Å²) >= 11 is 1.59. The summed E-state index contributed by atoms with van der Waals surface area (Å²) < 4.78 is 11.1. The molecule has 0 radical (unpaired) electrons. The quantitative estimate of drug-likeness (QED) is 0.796. The fraction of sp³-hybridized carbons (Fsp3) is 0.667. The van der Waals surface area contributed by atoms with Gasteiger partial charge in [0.05, 0.1) is 0 Å². The Labute approximate surface area is 135 Å². The van der Waals surface area contributed by atoms with Gasteiger partial charge in [0, 0.05) is 43.2 Å². The summed E-state index contributed by atoms with van der Waals surface area (Å²) in [4.78, 5) is 23.1. The minimum atomic E-state index is -0.461. The lowest BCUT2D eigenvalue weighted by molar-refractivity contribution is 0.0119. The molecule has 7 heteroatoms. The average Bonchev–Trinajstić information content (AvgIpc) is 2.47. The highest BCUT2D eigenvalue weighted by molar-refractivity contribution is 7.98. The third-order valence-electron chi connectivity index (χ3n) is 3.21. The fourth-order valence-electron chi connectivity index (χ4n) is 2.10. The molecule has 122 valence electrons. The molecule has 1 aromatic rings. The molecular weight excluding hydrogens is 302 g/mol. The first-order valence-corrected chi connectivity index (χ1v) is 8.60. The van der Waals surface area contributed by atoms with Crippen LogP contribution < -0.4 is 4.74 Å². The van der Waals surface area contributed by atoms with E-state index in [2.05, 4.69) is 9.97 Å². The lowest BCUT2D eigenvalue weighted by Crippen LogP contribution is -2.44. The van der Waals surface area contributed by atoms with Crippen LogP contribution in [0.1, 0.15) is 33.6 Å². The Kier molecular flexibility index (Phi) is 5.50. The van der Waals surface area contributed by atoms with Crippen LogP contribution in [0, 0.1) is 0 Å². The van der Waals surface area contributed by atoms with Crippen molar-refractivity contribution in [3.05, 3.63) is 12.4 Å². The van der Waals surface area contributed by atoms with Crippen LogP contribution in [0.2, 0.25) is 0 Å². The second-order valence-electron chi connectivity index (χ2n) is 6.19. The number of aromatic nitrogens is 2. The monoisotopic (exact) mass is 325 g/mol. The lowest BCUT2D eigenvalue weighted by Gasteiger charge is -2.33. The van der Waals surface area contributed by atoms with Crippen molar-refractivity contribution in [1.82, 2.24) is 14.9 Å². The van der Waals surface area contributed by atoms with Gasteiger partial charge < -0.3 is 14.4 Å². The van der Waals surface area contributed by atoms with Crippen molar-refractivity contribution in [2.45, 2.75) is 50.2 Å². The average molecular weight is 325 g/mol. The first-order chi connectivity index (χ1) is 10.4. The Morgan fingerprint density at radius 2 is 1.86 bits per heavy atom. The highest BCUT2D eigenvalue weighted by atomic mass is 32.2. The van der Waals surface area contributed by atoms with Gasteiger partial charge in [-0.25, -0.2) is 14.8 Å². The van der Waals surface area contributed by atoms with Crippen LogP contribution >= 0.6 is 11.8 Å². The summed E-state index contributed by atoms with van der Waals surface area (Å²) in [5.41, 5.74) is -0.461. The summed E-state index contributed by atoms with van der Waals surface area (Å²) in [6, 6.07) is 0.397. The summed E-state index contributed by atoms with van der Waals surface area (Å²) in [5.74, 6) is 0. The van der Waals surface area contributed by atoms with Gasteiger partial charge in [0.15, 0.2) is 0 Å². The molecule has 1 fully saturated rings. The zero-order chi connectivity index (χ0) is 16.2. The molecule has 0 aliphatic carbocycles. The van der Waals surface area contributed by atoms with Gasteiger partial charge >= 0.3 is 12.1 Å². The Bertz CT molecular complexity index is 494. The molecule has 1 saturated heterocycles. The zero-order valence-electron chi connectivity index (χ0n) is 13.5. The molecule has 0 aromatic carbocycles. The molecule has 6 nitrogen and oxygen atoms in total. The van der Waals surface area contributed by atoms with Crippen LogP contribution in [0.15, 0.2) is 17.3 Å². The van der Waals surface area contributed by atoms with Crippen molar-refractivity contribution in [2.24, 2.45) is 0 Å². The molecule has 0 unspecified atom stereocenters. The zero-order valence-corrected chi connectivity index (χ0v) is 14.4. The van der Waals surface area contributed by atoms with Gasteiger partial charge in [-0.2, -0.15) is 0 Å². The number of hydrogen-bond acceptors (Lipinski definition) is 6. The first kappa shape index (κ1) is 16.9. The predicted octanol–water partition coefficient (Wildman–Crippen LogP) is 2.98. The van der Waals surface area contributed by atoms with Crippen molar-refractivity contribution in [3.8, 4) is 6.01 Å². The van der Waals surface area contributed by atoms with E-state index in [0.717, 1.165) is 17.7 Å². The number of carbonyl (C=O) groups is 1. The molecule has 0 N–H and O–H groups in total. The summed E-state index contributed by atoms with van der Waals surface area (Å²) in [7, 11) is 0. The molecule has 0 saturated carbocycles. The molecule has 1 aliphatic heterocycles. The van der Waals surface area contributed by atoms with E-state index >= 15 is 0 Å². The maximum Gasteiger partial charge on any atom is 0.410 e. The van der Waals surface area contributed by atoms with Gasteiger partial charge in [-0.15, -0.1) is 11.8 Å². The number of rotatable bonds is 3. The van der Waals surface area contributed by atoms with Crippen LogP contribution in [-0.4, -0.2) is 52.0 Å². The minimum Gasteiger partial charge on any atom is -0.460 e. The molecule has 0 spiro atoms. The molecule has 1 amide bonds. The summed E-state index contributed by atoms with van der Waals surface area (Å²) in [6.07, 6.45) is 6.78. The minimum absolute atomic E-state index is 0.0406. The molecule has 2 heterocycles. The highest BCUT2D eigenvalue weighted by Gasteiger charge is 2.27. The van der Waals surface area contributed by atoms with Crippen molar-refractivity contribution in [1.29, 1.82) is 0 Å². The predicted molar refractivity (Wildman–Crippen MR) is 85.3 cm³/mol. The van der Waals surface area contributed by atoms with Gasteiger partial charge in [-0.1, -0.05) is 0 Å². The Morgan fingerprint density at radius 1 is 1.27 bits per heavy atom.